The van der Waals surface area contributed by atoms with E-state index >= 15 is 0 Å². The largest absolute Gasteiger partial charge is 0.255 e. The molecule has 0 aliphatic heterocycles. The number of benzene rings is 5. The first-order chi connectivity index (χ1) is 22.8. The van der Waals surface area contributed by atoms with Crippen molar-refractivity contribution in [3.8, 4) is 67.9 Å². The number of pyridine rings is 1. The zero-order chi connectivity index (χ0) is 30.7. The first-order valence-corrected chi connectivity index (χ1v) is 15.0. The molecule has 3 aromatic heterocycles. The van der Waals surface area contributed by atoms with Gasteiger partial charge in [0.2, 0.25) is 0 Å². The molecule has 8 rings (SSSR count). The molecule has 0 fully saturated rings. The van der Waals surface area contributed by atoms with Gasteiger partial charge in [0.15, 0.2) is 17.5 Å². The highest BCUT2D eigenvalue weighted by atomic mass is 15.0. The first kappa shape index (κ1) is 27.2. The third-order valence-electron chi connectivity index (χ3n) is 7.79. The Balaban J connectivity index is 1.18. The molecule has 0 radical (unpaired) electrons. The molecule has 0 aliphatic rings. The summed E-state index contributed by atoms with van der Waals surface area (Å²) in [7, 11) is 0. The molecule has 8 aromatic rings. The van der Waals surface area contributed by atoms with E-state index in [4.69, 9.17) is 24.9 Å². The summed E-state index contributed by atoms with van der Waals surface area (Å²) in [6, 6.07) is 50.5. The van der Waals surface area contributed by atoms with E-state index in [0.29, 0.717) is 17.5 Å². The van der Waals surface area contributed by atoms with Crippen LogP contribution in [0.5, 0.6) is 0 Å². The van der Waals surface area contributed by atoms with Crippen LogP contribution in [0.4, 0.5) is 0 Å². The average Bonchev–Trinajstić information content (AvgIpc) is 3.15. The lowest BCUT2D eigenvalue weighted by Crippen LogP contribution is -2.00. The van der Waals surface area contributed by atoms with Crippen LogP contribution in [0.3, 0.4) is 0 Å². The zero-order valence-electron chi connectivity index (χ0n) is 24.7. The van der Waals surface area contributed by atoms with E-state index in [1.54, 1.807) is 6.20 Å². The number of fused-ring (bicyclic) bond motifs is 1. The van der Waals surface area contributed by atoms with Gasteiger partial charge in [-0.2, -0.15) is 0 Å². The molecular weight excluding hydrogens is 564 g/mol. The molecule has 216 valence electrons. The number of hydrogen-bond acceptors (Lipinski definition) is 6. The zero-order valence-corrected chi connectivity index (χ0v) is 24.7. The lowest BCUT2D eigenvalue weighted by atomic mass is 10.0. The highest BCUT2D eigenvalue weighted by molar-refractivity contribution is 5.88. The van der Waals surface area contributed by atoms with Crippen molar-refractivity contribution < 1.29 is 0 Å². The molecule has 0 N–H and O–H groups in total. The summed E-state index contributed by atoms with van der Waals surface area (Å²) in [5, 5.41) is 0. The van der Waals surface area contributed by atoms with Crippen LogP contribution in [0.1, 0.15) is 0 Å². The van der Waals surface area contributed by atoms with Crippen molar-refractivity contribution >= 4 is 11.0 Å². The Kier molecular flexibility index (Phi) is 7.05. The Morgan fingerprint density at radius 1 is 0.304 bits per heavy atom. The van der Waals surface area contributed by atoms with E-state index in [-0.39, 0.29) is 0 Å². The second-order valence-corrected chi connectivity index (χ2v) is 10.8. The Bertz CT molecular complexity index is 2220. The van der Waals surface area contributed by atoms with Crippen molar-refractivity contribution in [3.63, 3.8) is 0 Å². The van der Waals surface area contributed by atoms with E-state index in [2.05, 4.69) is 53.5 Å². The summed E-state index contributed by atoms with van der Waals surface area (Å²) in [6.45, 7) is 0. The lowest BCUT2D eigenvalue weighted by molar-refractivity contribution is 1.07. The van der Waals surface area contributed by atoms with Gasteiger partial charge in [0.05, 0.1) is 22.4 Å². The van der Waals surface area contributed by atoms with Gasteiger partial charge in [-0.05, 0) is 35.4 Å². The highest BCUT2D eigenvalue weighted by Gasteiger charge is 2.16. The van der Waals surface area contributed by atoms with Crippen LogP contribution in [0.2, 0.25) is 0 Å². The average molecular weight is 591 g/mol. The molecule has 0 saturated carbocycles. The van der Waals surface area contributed by atoms with E-state index in [9.17, 15) is 0 Å². The molecule has 0 unspecified atom stereocenters. The van der Waals surface area contributed by atoms with E-state index < -0.39 is 0 Å². The van der Waals surface area contributed by atoms with E-state index in [1.165, 1.54) is 0 Å². The molecule has 46 heavy (non-hydrogen) atoms. The van der Waals surface area contributed by atoms with Gasteiger partial charge in [-0.25, -0.2) is 24.9 Å². The van der Waals surface area contributed by atoms with Gasteiger partial charge >= 0.3 is 0 Å². The maximum absolute atomic E-state index is 5.10. The van der Waals surface area contributed by atoms with E-state index in [0.717, 1.165) is 61.5 Å². The van der Waals surface area contributed by atoms with Crippen LogP contribution >= 0.6 is 0 Å². The molecule has 0 bridgehead atoms. The molecule has 0 amide bonds. The second kappa shape index (κ2) is 11.9. The predicted molar refractivity (Wildman–Crippen MR) is 183 cm³/mol. The Morgan fingerprint density at radius 3 is 1.35 bits per heavy atom. The number of aromatic nitrogens is 6. The highest BCUT2D eigenvalue weighted by Crippen LogP contribution is 2.32. The summed E-state index contributed by atoms with van der Waals surface area (Å²) in [5.41, 5.74) is 9.87. The fraction of sp³-hybridized carbons (Fsp3) is 0. The van der Waals surface area contributed by atoms with Crippen molar-refractivity contribution in [1.29, 1.82) is 0 Å². The van der Waals surface area contributed by atoms with Crippen LogP contribution in [-0.4, -0.2) is 29.9 Å². The molecule has 0 aliphatic carbocycles. The molecule has 3 heterocycles. The second-order valence-electron chi connectivity index (χ2n) is 10.8. The van der Waals surface area contributed by atoms with Crippen molar-refractivity contribution in [2.75, 3.05) is 0 Å². The summed E-state index contributed by atoms with van der Waals surface area (Å²) in [5.74, 6) is 1.90. The molecule has 6 nitrogen and oxygen atoms in total. The summed E-state index contributed by atoms with van der Waals surface area (Å²) in [4.78, 5) is 29.3. The van der Waals surface area contributed by atoms with Crippen molar-refractivity contribution in [2.45, 2.75) is 0 Å². The van der Waals surface area contributed by atoms with Crippen LogP contribution in [0, 0.1) is 0 Å². The lowest BCUT2D eigenvalue weighted by Gasteiger charge is -2.11. The quantitative estimate of drug-likeness (QED) is 0.192. The minimum absolute atomic E-state index is 0.622. The maximum atomic E-state index is 5.10. The third kappa shape index (κ3) is 5.40. The minimum atomic E-state index is 0.622. The maximum Gasteiger partial charge on any atom is 0.164 e. The Morgan fingerprint density at radius 2 is 0.783 bits per heavy atom. The predicted octanol–water partition coefficient (Wildman–Crippen LogP) is 9.21. The summed E-state index contributed by atoms with van der Waals surface area (Å²) >= 11 is 0. The van der Waals surface area contributed by atoms with Crippen molar-refractivity contribution in [2.24, 2.45) is 0 Å². The summed E-state index contributed by atoms with van der Waals surface area (Å²) in [6.07, 6.45) is 1.78. The Labute approximate surface area is 266 Å². The van der Waals surface area contributed by atoms with Crippen LogP contribution in [0.25, 0.3) is 79.0 Å². The number of nitrogens with zero attached hydrogens (tertiary/aromatic N) is 6. The van der Waals surface area contributed by atoms with Gasteiger partial charge in [-0.1, -0.05) is 127 Å². The SMILES string of the molecule is c1ccc(-c2nc(-c3ccccc3)nc(-c3ccc(-c4ccc5nc(-c6ccccc6)c(-c6ccccn6)nc5c4)cc3)n2)cc1. The van der Waals surface area contributed by atoms with Gasteiger partial charge in [-0.15, -0.1) is 0 Å². The summed E-state index contributed by atoms with van der Waals surface area (Å²) < 4.78 is 0. The first-order valence-electron chi connectivity index (χ1n) is 15.0. The van der Waals surface area contributed by atoms with Gasteiger partial charge in [0.25, 0.3) is 0 Å². The van der Waals surface area contributed by atoms with Gasteiger partial charge in [-0.3, -0.25) is 4.98 Å². The molecule has 6 heteroatoms. The molecule has 5 aromatic carbocycles. The van der Waals surface area contributed by atoms with Gasteiger partial charge in [0, 0.05) is 28.5 Å². The molecule has 0 saturated heterocycles. The fourth-order valence-electron chi connectivity index (χ4n) is 5.46. The minimum Gasteiger partial charge on any atom is -0.255 e. The third-order valence-corrected chi connectivity index (χ3v) is 7.79. The number of hydrogen-bond donors (Lipinski definition) is 0. The normalized spacial score (nSPS) is 11.0. The monoisotopic (exact) mass is 590 g/mol. The smallest absolute Gasteiger partial charge is 0.164 e. The van der Waals surface area contributed by atoms with E-state index in [1.807, 2.05) is 103 Å². The molecule has 0 spiro atoms. The molecular formula is C40H26N6. The van der Waals surface area contributed by atoms with Crippen LogP contribution < -0.4 is 0 Å². The van der Waals surface area contributed by atoms with Gasteiger partial charge in [0.1, 0.15) is 5.69 Å². The van der Waals surface area contributed by atoms with Crippen molar-refractivity contribution in [3.05, 3.63) is 158 Å². The number of rotatable bonds is 6. The fourth-order valence-corrected chi connectivity index (χ4v) is 5.46. The van der Waals surface area contributed by atoms with Gasteiger partial charge < -0.3 is 0 Å². The van der Waals surface area contributed by atoms with Crippen LogP contribution in [-0.2, 0) is 0 Å². The topological polar surface area (TPSA) is 77.3 Å². The van der Waals surface area contributed by atoms with Crippen molar-refractivity contribution in [1.82, 2.24) is 29.9 Å². The molecule has 0 atom stereocenters. The Hall–Kier alpha value is -6.40. The standard InChI is InChI=1S/C40H26N6/c1-4-12-28(13-5-1)36-37(34-18-10-11-25-41-34)43-35-26-32(23-24-33(35)42-36)27-19-21-31(22-20-27)40-45-38(29-14-6-2-7-15-29)44-39(46-40)30-16-8-3-9-17-30/h1-26H. The van der Waals surface area contributed by atoms with Crippen LogP contribution in [0.15, 0.2) is 158 Å².